The summed E-state index contributed by atoms with van der Waals surface area (Å²) in [5.41, 5.74) is 6.90. The molecule has 0 aliphatic carbocycles. The molecule has 0 aliphatic heterocycles. The predicted octanol–water partition coefficient (Wildman–Crippen LogP) is 5.16. The summed E-state index contributed by atoms with van der Waals surface area (Å²) >= 11 is 0. The normalized spacial score (nSPS) is 12.2. The first-order chi connectivity index (χ1) is 12.2. The molecule has 2 aromatic rings. The number of rotatable bonds is 6. The molecule has 0 aromatic heterocycles. The molecule has 0 fully saturated rings. The van der Waals surface area contributed by atoms with Crippen molar-refractivity contribution in [2.45, 2.75) is 59.9 Å². The van der Waals surface area contributed by atoms with Gasteiger partial charge in [-0.2, -0.15) is 0 Å². The van der Waals surface area contributed by atoms with Crippen molar-refractivity contribution >= 4 is 5.91 Å². The minimum Gasteiger partial charge on any atom is -0.496 e. The summed E-state index contributed by atoms with van der Waals surface area (Å²) in [6.45, 7) is 12.5. The van der Waals surface area contributed by atoms with E-state index in [0.29, 0.717) is 12.3 Å². The molecular weight excluding hydrogens is 322 g/mol. The topological polar surface area (TPSA) is 38.3 Å². The highest BCUT2D eigenvalue weighted by Crippen LogP contribution is 2.32. The van der Waals surface area contributed by atoms with Gasteiger partial charge in [0.15, 0.2) is 0 Å². The van der Waals surface area contributed by atoms with E-state index in [1.165, 1.54) is 11.1 Å². The number of carbonyl (C=O) groups is 1. The van der Waals surface area contributed by atoms with Crippen LogP contribution in [-0.4, -0.2) is 13.0 Å². The number of aryl methyl sites for hydroxylation is 3. The summed E-state index contributed by atoms with van der Waals surface area (Å²) in [6.07, 6.45) is 0.405. The summed E-state index contributed by atoms with van der Waals surface area (Å²) < 4.78 is 5.52. The zero-order valence-electron chi connectivity index (χ0n) is 17.1. The molecule has 2 rings (SSSR count). The SMILES string of the molecule is COc1cc(C)c([C@H](C)NC(=O)Cc2ccc(C)cc2C)cc1C(C)C. The van der Waals surface area contributed by atoms with Crippen molar-refractivity contribution in [3.05, 3.63) is 63.7 Å². The third kappa shape index (κ3) is 4.66. The molecule has 0 aliphatic rings. The number of carbonyl (C=O) groups excluding carboxylic acids is 1. The van der Waals surface area contributed by atoms with Crippen molar-refractivity contribution in [2.75, 3.05) is 7.11 Å². The van der Waals surface area contributed by atoms with Gasteiger partial charge in [0.05, 0.1) is 19.6 Å². The zero-order valence-corrected chi connectivity index (χ0v) is 17.1. The number of benzene rings is 2. The summed E-state index contributed by atoms with van der Waals surface area (Å²) in [6, 6.07) is 10.4. The summed E-state index contributed by atoms with van der Waals surface area (Å²) in [4.78, 5) is 12.6. The van der Waals surface area contributed by atoms with Gasteiger partial charge in [-0.3, -0.25) is 4.79 Å². The Balaban J connectivity index is 2.17. The highest BCUT2D eigenvalue weighted by Gasteiger charge is 2.17. The predicted molar refractivity (Wildman–Crippen MR) is 108 cm³/mol. The van der Waals surface area contributed by atoms with Gasteiger partial charge in [-0.1, -0.05) is 37.6 Å². The van der Waals surface area contributed by atoms with Crippen molar-refractivity contribution in [1.29, 1.82) is 0 Å². The van der Waals surface area contributed by atoms with Crippen LogP contribution in [0, 0.1) is 20.8 Å². The van der Waals surface area contributed by atoms with E-state index in [0.717, 1.165) is 28.0 Å². The van der Waals surface area contributed by atoms with E-state index in [4.69, 9.17) is 4.74 Å². The van der Waals surface area contributed by atoms with Crippen molar-refractivity contribution in [1.82, 2.24) is 5.32 Å². The van der Waals surface area contributed by atoms with Crippen LogP contribution >= 0.6 is 0 Å². The average molecular weight is 354 g/mol. The van der Waals surface area contributed by atoms with E-state index in [2.05, 4.69) is 64.2 Å². The monoisotopic (exact) mass is 353 g/mol. The Hall–Kier alpha value is -2.29. The number of hydrogen-bond acceptors (Lipinski definition) is 2. The van der Waals surface area contributed by atoms with Gasteiger partial charge in [0.25, 0.3) is 0 Å². The molecule has 0 radical (unpaired) electrons. The summed E-state index contributed by atoms with van der Waals surface area (Å²) in [5.74, 6) is 1.32. The first-order valence-corrected chi connectivity index (χ1v) is 9.26. The lowest BCUT2D eigenvalue weighted by molar-refractivity contribution is -0.121. The first kappa shape index (κ1) is 20.0. The highest BCUT2D eigenvalue weighted by atomic mass is 16.5. The quantitative estimate of drug-likeness (QED) is 0.778. The molecule has 0 saturated carbocycles. The Morgan fingerprint density at radius 2 is 1.69 bits per heavy atom. The minimum absolute atomic E-state index is 0.0448. The molecule has 0 spiro atoms. The fourth-order valence-electron chi connectivity index (χ4n) is 3.40. The second-order valence-electron chi connectivity index (χ2n) is 7.50. The molecule has 140 valence electrons. The molecule has 26 heavy (non-hydrogen) atoms. The molecule has 1 atom stereocenters. The van der Waals surface area contributed by atoms with Gasteiger partial charge in [-0.15, -0.1) is 0 Å². The molecule has 0 heterocycles. The molecule has 0 saturated heterocycles. The van der Waals surface area contributed by atoms with E-state index in [9.17, 15) is 4.79 Å². The molecular formula is C23H31NO2. The standard InChI is InChI=1S/C23H31NO2/c1-14(2)20-13-21(17(5)11-22(20)26-7)18(6)24-23(25)12-19-9-8-15(3)10-16(19)4/h8-11,13-14,18H,12H2,1-7H3,(H,24,25)/t18-/m0/s1. The molecule has 3 heteroatoms. The van der Waals surface area contributed by atoms with E-state index < -0.39 is 0 Å². The molecule has 1 N–H and O–H groups in total. The lowest BCUT2D eigenvalue weighted by atomic mass is 9.93. The van der Waals surface area contributed by atoms with E-state index in [-0.39, 0.29) is 11.9 Å². The fraction of sp³-hybridized carbons (Fsp3) is 0.435. The Bertz CT molecular complexity index is 793. The van der Waals surface area contributed by atoms with Gasteiger partial charge >= 0.3 is 0 Å². The third-order valence-corrected chi connectivity index (χ3v) is 4.93. The summed E-state index contributed by atoms with van der Waals surface area (Å²) in [5, 5.41) is 3.15. The van der Waals surface area contributed by atoms with Crippen LogP contribution in [0.3, 0.4) is 0 Å². The first-order valence-electron chi connectivity index (χ1n) is 9.26. The minimum atomic E-state index is -0.0448. The Kier molecular flexibility index (Phi) is 6.47. The average Bonchev–Trinajstić information content (AvgIpc) is 2.56. The maximum atomic E-state index is 12.6. The third-order valence-electron chi connectivity index (χ3n) is 4.93. The van der Waals surface area contributed by atoms with Crippen LogP contribution in [0.1, 0.15) is 66.1 Å². The second kappa shape index (κ2) is 8.39. The van der Waals surface area contributed by atoms with Crippen LogP contribution in [0.5, 0.6) is 5.75 Å². The van der Waals surface area contributed by atoms with E-state index in [1.54, 1.807) is 7.11 Å². The molecule has 0 bridgehead atoms. The van der Waals surface area contributed by atoms with Crippen LogP contribution in [0.15, 0.2) is 30.3 Å². The van der Waals surface area contributed by atoms with Crippen molar-refractivity contribution in [3.63, 3.8) is 0 Å². The molecule has 1 amide bonds. The maximum Gasteiger partial charge on any atom is 0.224 e. The highest BCUT2D eigenvalue weighted by molar-refractivity contribution is 5.79. The second-order valence-corrected chi connectivity index (χ2v) is 7.50. The van der Waals surface area contributed by atoms with Gasteiger partial charge in [-0.25, -0.2) is 0 Å². The van der Waals surface area contributed by atoms with Crippen LogP contribution in [0.2, 0.25) is 0 Å². The van der Waals surface area contributed by atoms with Crippen LogP contribution < -0.4 is 10.1 Å². The van der Waals surface area contributed by atoms with Gasteiger partial charge in [0.1, 0.15) is 5.75 Å². The fourth-order valence-corrected chi connectivity index (χ4v) is 3.40. The van der Waals surface area contributed by atoms with Crippen molar-refractivity contribution in [3.8, 4) is 5.75 Å². The number of nitrogens with one attached hydrogen (secondary N) is 1. The number of hydrogen-bond donors (Lipinski definition) is 1. The van der Waals surface area contributed by atoms with Crippen molar-refractivity contribution in [2.24, 2.45) is 0 Å². The smallest absolute Gasteiger partial charge is 0.224 e. The van der Waals surface area contributed by atoms with Crippen LogP contribution in [-0.2, 0) is 11.2 Å². The van der Waals surface area contributed by atoms with Crippen molar-refractivity contribution < 1.29 is 9.53 Å². The van der Waals surface area contributed by atoms with E-state index in [1.807, 2.05) is 13.0 Å². The lowest BCUT2D eigenvalue weighted by Crippen LogP contribution is -2.29. The van der Waals surface area contributed by atoms with Crippen LogP contribution in [0.25, 0.3) is 0 Å². The van der Waals surface area contributed by atoms with Gasteiger partial charge in [-0.05, 0) is 73.6 Å². The molecule has 3 nitrogen and oxygen atoms in total. The van der Waals surface area contributed by atoms with Crippen LogP contribution in [0.4, 0.5) is 0 Å². The maximum absolute atomic E-state index is 12.6. The Morgan fingerprint density at radius 1 is 1.00 bits per heavy atom. The van der Waals surface area contributed by atoms with Gasteiger partial charge < -0.3 is 10.1 Å². The van der Waals surface area contributed by atoms with E-state index >= 15 is 0 Å². The number of amides is 1. The number of methoxy groups -OCH3 is 1. The van der Waals surface area contributed by atoms with Gasteiger partial charge in [0, 0.05) is 0 Å². The lowest BCUT2D eigenvalue weighted by Gasteiger charge is -2.21. The number of ether oxygens (including phenoxy) is 1. The van der Waals surface area contributed by atoms with Gasteiger partial charge in [0.2, 0.25) is 5.91 Å². The largest absolute Gasteiger partial charge is 0.496 e. The zero-order chi connectivity index (χ0) is 19.4. The Morgan fingerprint density at radius 3 is 2.27 bits per heavy atom. The molecule has 2 aromatic carbocycles. The summed E-state index contributed by atoms with van der Waals surface area (Å²) in [7, 11) is 1.70. The Labute approximate surface area is 157 Å². The molecule has 0 unspecified atom stereocenters.